The summed E-state index contributed by atoms with van der Waals surface area (Å²) in [5, 5.41) is 0. The molecule has 3 heterocycles. The second-order valence-corrected chi connectivity index (χ2v) is 7.75. The predicted octanol–water partition coefficient (Wildman–Crippen LogP) is 2.85. The standard InChI is InChI=1S/C23H22N2O4/c26-20-15-17-6-2-1-5-16(17)9-14-28-22(24-20)25-12-10-23(11-13-25)19-8-4-3-7-18(19)21(27)29-23/h1-8H,9-15H2. The molecule has 3 aliphatic heterocycles. The van der Waals surface area contributed by atoms with Crippen LogP contribution in [0.2, 0.25) is 0 Å². The van der Waals surface area contributed by atoms with Gasteiger partial charge in [0.2, 0.25) is 0 Å². The molecule has 0 radical (unpaired) electrons. The number of carbonyl (C=O) groups is 2. The first-order chi connectivity index (χ1) is 14.1. The maximum Gasteiger partial charge on any atom is 0.339 e. The maximum atomic E-state index is 12.5. The summed E-state index contributed by atoms with van der Waals surface area (Å²) in [5.74, 6) is -0.453. The van der Waals surface area contributed by atoms with Gasteiger partial charge in [-0.3, -0.25) is 4.79 Å². The molecule has 1 saturated heterocycles. The van der Waals surface area contributed by atoms with Gasteiger partial charge in [0.25, 0.3) is 11.9 Å². The Kier molecular flexibility index (Phi) is 4.34. The fraction of sp³-hybridized carbons (Fsp3) is 0.348. The van der Waals surface area contributed by atoms with E-state index in [4.69, 9.17) is 9.47 Å². The van der Waals surface area contributed by atoms with Crippen LogP contribution in [-0.4, -0.2) is 42.5 Å². The summed E-state index contributed by atoms with van der Waals surface area (Å²) < 4.78 is 11.7. The third-order valence-electron chi connectivity index (χ3n) is 6.05. The minimum atomic E-state index is -0.580. The fourth-order valence-electron chi connectivity index (χ4n) is 4.51. The molecule has 0 atom stereocenters. The number of nitrogens with zero attached hydrogens (tertiary/aromatic N) is 2. The topological polar surface area (TPSA) is 68.2 Å². The van der Waals surface area contributed by atoms with Crippen LogP contribution in [0.5, 0.6) is 0 Å². The van der Waals surface area contributed by atoms with E-state index in [1.165, 1.54) is 0 Å². The number of carbonyl (C=O) groups excluding carboxylic acids is 2. The molecule has 1 spiro atoms. The van der Waals surface area contributed by atoms with Crippen molar-refractivity contribution in [2.24, 2.45) is 4.99 Å². The van der Waals surface area contributed by atoms with E-state index in [0.29, 0.717) is 44.1 Å². The highest BCUT2D eigenvalue weighted by Crippen LogP contribution is 2.44. The Morgan fingerprint density at radius 3 is 2.48 bits per heavy atom. The summed E-state index contributed by atoms with van der Waals surface area (Å²) in [6.07, 6.45) is 2.32. The molecule has 148 valence electrons. The summed E-state index contributed by atoms with van der Waals surface area (Å²) in [6, 6.07) is 15.9. The Morgan fingerprint density at radius 2 is 1.66 bits per heavy atom. The van der Waals surface area contributed by atoms with E-state index in [-0.39, 0.29) is 18.3 Å². The lowest BCUT2D eigenvalue weighted by Gasteiger charge is -2.39. The van der Waals surface area contributed by atoms with Crippen LogP contribution in [0.1, 0.15) is 39.9 Å². The van der Waals surface area contributed by atoms with Crippen molar-refractivity contribution in [1.82, 2.24) is 4.90 Å². The number of hydrogen-bond donors (Lipinski definition) is 0. The van der Waals surface area contributed by atoms with Gasteiger partial charge >= 0.3 is 5.97 Å². The Balaban J connectivity index is 1.33. The molecule has 0 saturated carbocycles. The Hall–Kier alpha value is -3.15. The highest BCUT2D eigenvalue weighted by molar-refractivity contribution is 5.95. The van der Waals surface area contributed by atoms with E-state index in [2.05, 4.69) is 4.99 Å². The summed E-state index contributed by atoms with van der Waals surface area (Å²) in [6.45, 7) is 1.70. The lowest BCUT2D eigenvalue weighted by atomic mass is 9.84. The number of fused-ring (bicyclic) bond motifs is 3. The SMILES string of the molecule is O=C1Cc2ccccc2CCOC(N2CCC3(CC2)OC(=O)c2ccccc23)=N1. The van der Waals surface area contributed by atoms with Crippen LogP contribution in [0, 0.1) is 0 Å². The molecular formula is C23H22N2O4. The van der Waals surface area contributed by atoms with Crippen molar-refractivity contribution in [3.63, 3.8) is 0 Å². The van der Waals surface area contributed by atoms with E-state index < -0.39 is 5.60 Å². The van der Waals surface area contributed by atoms with E-state index in [1.807, 2.05) is 53.4 Å². The zero-order valence-electron chi connectivity index (χ0n) is 16.1. The van der Waals surface area contributed by atoms with Gasteiger partial charge in [0.05, 0.1) is 18.6 Å². The summed E-state index contributed by atoms with van der Waals surface area (Å²) in [4.78, 5) is 31.0. The molecule has 1 amide bonds. The average Bonchev–Trinajstić information content (AvgIpc) is 3.04. The van der Waals surface area contributed by atoms with Crippen LogP contribution in [-0.2, 0) is 32.7 Å². The van der Waals surface area contributed by atoms with Gasteiger partial charge in [-0.15, -0.1) is 0 Å². The monoisotopic (exact) mass is 390 g/mol. The Morgan fingerprint density at radius 1 is 0.931 bits per heavy atom. The molecular weight excluding hydrogens is 368 g/mol. The van der Waals surface area contributed by atoms with E-state index in [9.17, 15) is 9.59 Å². The third kappa shape index (κ3) is 3.18. The molecule has 1 fully saturated rings. The van der Waals surface area contributed by atoms with Gasteiger partial charge in [0, 0.05) is 37.9 Å². The first-order valence-electron chi connectivity index (χ1n) is 10.0. The van der Waals surface area contributed by atoms with Crippen molar-refractivity contribution in [3.05, 3.63) is 70.8 Å². The fourth-order valence-corrected chi connectivity index (χ4v) is 4.51. The van der Waals surface area contributed by atoms with Crippen molar-refractivity contribution in [2.45, 2.75) is 31.3 Å². The number of aliphatic imine (C=N–C) groups is 1. The van der Waals surface area contributed by atoms with Gasteiger partial charge in [-0.05, 0) is 17.2 Å². The Bertz CT molecular complexity index is 1010. The molecule has 3 aliphatic rings. The number of likely N-dealkylation sites (tertiary alicyclic amines) is 1. The lowest BCUT2D eigenvalue weighted by Crippen LogP contribution is -2.46. The number of ether oxygens (including phenoxy) is 2. The molecule has 0 unspecified atom stereocenters. The average molecular weight is 390 g/mol. The normalized spacial score (nSPS) is 20.6. The number of amidine groups is 1. The number of amides is 1. The first kappa shape index (κ1) is 17.9. The summed E-state index contributed by atoms with van der Waals surface area (Å²) in [5.41, 5.74) is 3.18. The van der Waals surface area contributed by atoms with E-state index in [1.54, 1.807) is 0 Å². The summed E-state index contributed by atoms with van der Waals surface area (Å²) >= 11 is 0. The largest absolute Gasteiger partial charge is 0.464 e. The highest BCUT2D eigenvalue weighted by Gasteiger charge is 2.47. The second-order valence-electron chi connectivity index (χ2n) is 7.75. The molecule has 6 nitrogen and oxygen atoms in total. The van der Waals surface area contributed by atoms with Crippen LogP contribution in [0.25, 0.3) is 0 Å². The van der Waals surface area contributed by atoms with Gasteiger partial charge in [-0.25, -0.2) is 4.79 Å². The Labute approximate surface area is 169 Å². The van der Waals surface area contributed by atoms with Gasteiger partial charge in [-0.2, -0.15) is 4.99 Å². The first-order valence-corrected chi connectivity index (χ1v) is 10.0. The minimum Gasteiger partial charge on any atom is -0.464 e. The smallest absolute Gasteiger partial charge is 0.339 e. The molecule has 5 rings (SSSR count). The molecule has 0 bridgehead atoms. The van der Waals surface area contributed by atoms with E-state index in [0.717, 1.165) is 23.1 Å². The number of benzene rings is 2. The summed E-state index contributed by atoms with van der Waals surface area (Å²) in [7, 11) is 0. The zero-order chi connectivity index (χ0) is 19.8. The van der Waals surface area contributed by atoms with Crippen molar-refractivity contribution in [2.75, 3.05) is 19.7 Å². The third-order valence-corrected chi connectivity index (χ3v) is 6.05. The molecule has 2 aromatic rings. The van der Waals surface area contributed by atoms with Gasteiger partial charge < -0.3 is 14.4 Å². The van der Waals surface area contributed by atoms with Crippen molar-refractivity contribution >= 4 is 17.9 Å². The molecule has 0 N–H and O–H groups in total. The molecule has 0 aromatic heterocycles. The van der Waals surface area contributed by atoms with Crippen LogP contribution in [0.15, 0.2) is 53.5 Å². The lowest BCUT2D eigenvalue weighted by molar-refractivity contribution is -0.117. The van der Waals surface area contributed by atoms with Crippen LogP contribution >= 0.6 is 0 Å². The van der Waals surface area contributed by atoms with Gasteiger partial charge in [0.15, 0.2) is 0 Å². The van der Waals surface area contributed by atoms with Crippen molar-refractivity contribution in [3.8, 4) is 0 Å². The number of rotatable bonds is 0. The number of piperidine rings is 1. The van der Waals surface area contributed by atoms with Gasteiger partial charge in [0.1, 0.15) is 5.60 Å². The van der Waals surface area contributed by atoms with Crippen LogP contribution in [0.3, 0.4) is 0 Å². The molecule has 0 aliphatic carbocycles. The van der Waals surface area contributed by atoms with Crippen LogP contribution < -0.4 is 0 Å². The molecule has 2 aromatic carbocycles. The van der Waals surface area contributed by atoms with Crippen LogP contribution in [0.4, 0.5) is 0 Å². The van der Waals surface area contributed by atoms with Gasteiger partial charge in [-0.1, -0.05) is 42.5 Å². The quantitative estimate of drug-likeness (QED) is 0.647. The number of esters is 1. The molecule has 6 heteroatoms. The van der Waals surface area contributed by atoms with E-state index >= 15 is 0 Å². The van der Waals surface area contributed by atoms with Crippen molar-refractivity contribution < 1.29 is 19.1 Å². The second kappa shape index (κ2) is 7.03. The maximum absolute atomic E-state index is 12.5. The number of hydrogen-bond acceptors (Lipinski definition) is 5. The highest BCUT2D eigenvalue weighted by atomic mass is 16.6. The van der Waals surface area contributed by atoms with Crippen molar-refractivity contribution in [1.29, 1.82) is 0 Å². The minimum absolute atomic E-state index is 0.202. The zero-order valence-corrected chi connectivity index (χ0v) is 16.1. The molecule has 29 heavy (non-hydrogen) atoms. The predicted molar refractivity (Wildman–Crippen MR) is 107 cm³/mol.